The molecule has 2 rings (SSSR count). The van der Waals surface area contributed by atoms with Gasteiger partial charge in [-0.25, -0.2) is 4.39 Å². The van der Waals surface area contributed by atoms with E-state index in [1.807, 2.05) is 0 Å². The molecule has 2 atom stereocenters. The van der Waals surface area contributed by atoms with Gasteiger partial charge in [-0.1, -0.05) is 26.0 Å². The second kappa shape index (κ2) is 8.94. The third-order valence-corrected chi connectivity index (χ3v) is 4.70. The van der Waals surface area contributed by atoms with E-state index in [-0.39, 0.29) is 23.7 Å². The zero-order valence-electron chi connectivity index (χ0n) is 15.2. The Morgan fingerprint density at radius 3 is 2.52 bits per heavy atom. The van der Waals surface area contributed by atoms with Gasteiger partial charge in [-0.3, -0.25) is 14.5 Å². The number of rotatable bonds is 7. The monoisotopic (exact) mass is 349 g/mol. The molecule has 0 spiro atoms. The van der Waals surface area contributed by atoms with Gasteiger partial charge in [0.05, 0.1) is 6.54 Å². The van der Waals surface area contributed by atoms with Crippen LogP contribution in [0.4, 0.5) is 4.39 Å². The normalized spacial score (nSPS) is 20.7. The van der Waals surface area contributed by atoms with Gasteiger partial charge in [-0.15, -0.1) is 0 Å². The lowest BCUT2D eigenvalue weighted by Gasteiger charge is -2.22. The van der Waals surface area contributed by atoms with Crippen LogP contribution in [0.25, 0.3) is 0 Å². The molecule has 0 radical (unpaired) electrons. The van der Waals surface area contributed by atoms with E-state index in [0.717, 1.165) is 12.1 Å². The number of hydrogen-bond donors (Lipinski definition) is 2. The van der Waals surface area contributed by atoms with E-state index >= 15 is 0 Å². The highest BCUT2D eigenvalue weighted by Gasteiger charge is 2.35. The topological polar surface area (TPSA) is 61.4 Å². The van der Waals surface area contributed by atoms with Gasteiger partial charge in [0, 0.05) is 32.6 Å². The van der Waals surface area contributed by atoms with Crippen LogP contribution in [-0.4, -0.2) is 48.9 Å². The molecule has 1 aliphatic rings. The first kappa shape index (κ1) is 19.4. The molecule has 1 fully saturated rings. The van der Waals surface area contributed by atoms with Crippen LogP contribution in [0.5, 0.6) is 0 Å². The summed E-state index contributed by atoms with van der Waals surface area (Å²) >= 11 is 0. The second-order valence-electron chi connectivity index (χ2n) is 7.14. The molecule has 1 aromatic rings. The van der Waals surface area contributed by atoms with Crippen molar-refractivity contribution in [3.05, 3.63) is 35.6 Å². The zero-order chi connectivity index (χ0) is 18.4. The van der Waals surface area contributed by atoms with Crippen molar-refractivity contribution < 1.29 is 14.0 Å². The number of amides is 2. The van der Waals surface area contributed by atoms with E-state index in [1.165, 1.54) is 19.1 Å². The van der Waals surface area contributed by atoms with Crippen molar-refractivity contribution in [3.8, 4) is 0 Å². The molecule has 138 valence electrons. The predicted octanol–water partition coefficient (Wildman–Crippen LogP) is 1.58. The fourth-order valence-electron chi connectivity index (χ4n) is 3.39. The number of halogens is 1. The van der Waals surface area contributed by atoms with E-state index in [9.17, 15) is 14.0 Å². The fourth-order valence-corrected chi connectivity index (χ4v) is 3.39. The van der Waals surface area contributed by atoms with Gasteiger partial charge < -0.3 is 10.6 Å². The Morgan fingerprint density at radius 1 is 1.24 bits per heavy atom. The lowest BCUT2D eigenvalue weighted by Crippen LogP contribution is -2.41. The van der Waals surface area contributed by atoms with Crippen LogP contribution < -0.4 is 10.6 Å². The summed E-state index contributed by atoms with van der Waals surface area (Å²) in [5.41, 5.74) is 0.994. The zero-order valence-corrected chi connectivity index (χ0v) is 15.2. The van der Waals surface area contributed by atoms with Gasteiger partial charge in [-0.05, 0) is 36.0 Å². The van der Waals surface area contributed by atoms with Gasteiger partial charge in [0.15, 0.2) is 0 Å². The van der Waals surface area contributed by atoms with E-state index in [0.29, 0.717) is 37.9 Å². The summed E-state index contributed by atoms with van der Waals surface area (Å²) in [5, 5.41) is 5.91. The van der Waals surface area contributed by atoms with Crippen LogP contribution in [0.15, 0.2) is 24.3 Å². The highest BCUT2D eigenvalue weighted by molar-refractivity contribution is 5.78. The van der Waals surface area contributed by atoms with Crippen molar-refractivity contribution in [2.24, 2.45) is 11.8 Å². The molecule has 6 heteroatoms. The van der Waals surface area contributed by atoms with Gasteiger partial charge in [0.25, 0.3) is 0 Å². The minimum absolute atomic E-state index is 0.0203. The van der Waals surface area contributed by atoms with Gasteiger partial charge in [0.2, 0.25) is 11.8 Å². The maximum atomic E-state index is 12.9. The van der Waals surface area contributed by atoms with Crippen LogP contribution in [0, 0.1) is 17.7 Å². The molecule has 0 aromatic heterocycles. The summed E-state index contributed by atoms with van der Waals surface area (Å²) in [6.07, 6.45) is 0.676. The molecule has 0 saturated carbocycles. The van der Waals surface area contributed by atoms with Crippen LogP contribution >= 0.6 is 0 Å². The molecule has 1 aromatic carbocycles. The van der Waals surface area contributed by atoms with E-state index in [1.54, 1.807) is 12.1 Å². The van der Waals surface area contributed by atoms with Gasteiger partial charge >= 0.3 is 0 Å². The van der Waals surface area contributed by atoms with Gasteiger partial charge in [0.1, 0.15) is 5.82 Å². The third-order valence-electron chi connectivity index (χ3n) is 4.70. The number of carbonyl (C=O) groups is 2. The van der Waals surface area contributed by atoms with Crippen molar-refractivity contribution in [1.29, 1.82) is 0 Å². The minimum atomic E-state index is -0.254. The first-order chi connectivity index (χ1) is 11.8. The Balaban J connectivity index is 1.76. The first-order valence-electron chi connectivity index (χ1n) is 8.85. The lowest BCUT2D eigenvalue weighted by molar-refractivity contribution is -0.122. The number of nitrogens with one attached hydrogen (secondary N) is 2. The van der Waals surface area contributed by atoms with Crippen LogP contribution in [-0.2, 0) is 16.0 Å². The minimum Gasteiger partial charge on any atom is -0.355 e. The molecule has 2 N–H and O–H groups in total. The molecular weight excluding hydrogens is 321 g/mol. The third kappa shape index (κ3) is 6.12. The second-order valence-corrected chi connectivity index (χ2v) is 7.14. The van der Waals surface area contributed by atoms with Crippen LogP contribution in [0.1, 0.15) is 26.3 Å². The molecule has 2 amide bonds. The first-order valence-corrected chi connectivity index (χ1v) is 8.85. The molecule has 0 aliphatic carbocycles. The highest BCUT2D eigenvalue weighted by atomic mass is 19.1. The highest BCUT2D eigenvalue weighted by Crippen LogP contribution is 2.24. The molecule has 25 heavy (non-hydrogen) atoms. The van der Waals surface area contributed by atoms with Crippen molar-refractivity contribution in [2.45, 2.75) is 33.2 Å². The lowest BCUT2D eigenvalue weighted by atomic mass is 9.91. The van der Waals surface area contributed by atoms with Crippen molar-refractivity contribution in [2.75, 3.05) is 26.2 Å². The maximum Gasteiger partial charge on any atom is 0.234 e. The summed E-state index contributed by atoms with van der Waals surface area (Å²) in [4.78, 5) is 25.6. The Hall–Kier alpha value is -1.95. The summed E-state index contributed by atoms with van der Waals surface area (Å²) in [6, 6.07) is 6.41. The molecule has 5 nitrogen and oxygen atoms in total. The number of hydrogen-bond acceptors (Lipinski definition) is 3. The van der Waals surface area contributed by atoms with E-state index < -0.39 is 0 Å². The number of likely N-dealkylation sites (tertiary alicyclic amines) is 1. The molecular formula is C19H28FN3O2. The fraction of sp³-hybridized carbons (Fsp3) is 0.579. The largest absolute Gasteiger partial charge is 0.355 e. The van der Waals surface area contributed by atoms with E-state index in [2.05, 4.69) is 29.4 Å². The molecule has 0 bridgehead atoms. The quantitative estimate of drug-likeness (QED) is 0.786. The summed E-state index contributed by atoms with van der Waals surface area (Å²) in [7, 11) is 0. The van der Waals surface area contributed by atoms with Gasteiger partial charge in [-0.2, -0.15) is 0 Å². The molecule has 1 aliphatic heterocycles. The Labute approximate surface area is 149 Å². The summed E-state index contributed by atoms with van der Waals surface area (Å²) < 4.78 is 12.9. The SMILES string of the molecule is CC(=O)N[C@@H]1CN(CC(=O)NCCc2ccc(F)cc2)C[C@H]1C(C)C. The Kier molecular flexibility index (Phi) is 6.93. The summed E-state index contributed by atoms with van der Waals surface area (Å²) in [5.74, 6) is 0.504. The maximum absolute atomic E-state index is 12.9. The Morgan fingerprint density at radius 2 is 1.92 bits per heavy atom. The average molecular weight is 349 g/mol. The standard InChI is InChI=1S/C19H28FN3O2/c1-13(2)17-10-23(11-18(17)22-14(3)24)12-19(25)21-9-8-15-4-6-16(20)7-5-15/h4-7,13,17-18H,8-12H2,1-3H3,(H,21,25)(H,22,24)/t17-,18+/m0/s1. The van der Waals surface area contributed by atoms with Crippen molar-refractivity contribution >= 4 is 11.8 Å². The number of carbonyl (C=O) groups excluding carboxylic acids is 2. The summed E-state index contributed by atoms with van der Waals surface area (Å²) in [6.45, 7) is 8.20. The average Bonchev–Trinajstić information content (AvgIpc) is 2.91. The van der Waals surface area contributed by atoms with Crippen molar-refractivity contribution in [1.82, 2.24) is 15.5 Å². The Bertz CT molecular complexity index is 589. The molecule has 1 heterocycles. The predicted molar refractivity (Wildman–Crippen MR) is 95.5 cm³/mol. The smallest absolute Gasteiger partial charge is 0.234 e. The van der Waals surface area contributed by atoms with Crippen LogP contribution in [0.3, 0.4) is 0 Å². The molecule has 0 unspecified atom stereocenters. The van der Waals surface area contributed by atoms with E-state index in [4.69, 9.17) is 0 Å². The number of benzene rings is 1. The molecule has 1 saturated heterocycles. The number of nitrogens with zero attached hydrogens (tertiary/aromatic N) is 1. The van der Waals surface area contributed by atoms with Crippen molar-refractivity contribution in [3.63, 3.8) is 0 Å². The van der Waals surface area contributed by atoms with Crippen LogP contribution in [0.2, 0.25) is 0 Å².